The van der Waals surface area contributed by atoms with Gasteiger partial charge < -0.3 is 10.1 Å². The van der Waals surface area contributed by atoms with E-state index in [4.69, 9.17) is 4.74 Å². The minimum Gasteiger partial charge on any atom is -0.496 e. The molecule has 0 amide bonds. The summed E-state index contributed by atoms with van der Waals surface area (Å²) in [6.07, 6.45) is 1.84. The van der Waals surface area contributed by atoms with Crippen molar-refractivity contribution in [3.05, 3.63) is 46.4 Å². The molecule has 0 radical (unpaired) electrons. The van der Waals surface area contributed by atoms with Gasteiger partial charge in [0, 0.05) is 23.2 Å². The lowest BCUT2D eigenvalue weighted by atomic mass is 10.1. The van der Waals surface area contributed by atoms with E-state index >= 15 is 0 Å². The minimum atomic E-state index is 0.222. The van der Waals surface area contributed by atoms with Gasteiger partial charge in [-0.25, -0.2) is 4.98 Å². The van der Waals surface area contributed by atoms with Crippen LogP contribution in [0.25, 0.3) is 0 Å². The average molecular weight is 262 g/mol. The zero-order valence-corrected chi connectivity index (χ0v) is 11.7. The van der Waals surface area contributed by atoms with Gasteiger partial charge in [0.15, 0.2) is 0 Å². The third-order valence-corrected chi connectivity index (χ3v) is 3.89. The van der Waals surface area contributed by atoms with Crippen LogP contribution in [0.5, 0.6) is 5.75 Å². The summed E-state index contributed by atoms with van der Waals surface area (Å²) >= 11 is 1.67. The summed E-state index contributed by atoms with van der Waals surface area (Å²) in [5.74, 6) is 0.920. The second kappa shape index (κ2) is 5.98. The van der Waals surface area contributed by atoms with Gasteiger partial charge in [-0.15, -0.1) is 11.3 Å². The van der Waals surface area contributed by atoms with E-state index in [-0.39, 0.29) is 12.1 Å². The van der Waals surface area contributed by atoms with Crippen molar-refractivity contribution in [2.75, 3.05) is 7.11 Å². The second-order valence-corrected chi connectivity index (χ2v) is 5.15. The van der Waals surface area contributed by atoms with Gasteiger partial charge in [0.2, 0.25) is 0 Å². The van der Waals surface area contributed by atoms with Gasteiger partial charge in [0.05, 0.1) is 13.2 Å². The average Bonchev–Trinajstić information content (AvgIpc) is 2.92. The Morgan fingerprint density at radius 3 is 2.67 bits per heavy atom. The van der Waals surface area contributed by atoms with Crippen LogP contribution in [0.1, 0.15) is 36.5 Å². The number of thiazole rings is 1. The largest absolute Gasteiger partial charge is 0.496 e. The van der Waals surface area contributed by atoms with Crippen LogP contribution in [0.15, 0.2) is 35.8 Å². The molecule has 0 bridgehead atoms. The molecule has 3 nitrogen and oxygen atoms in total. The summed E-state index contributed by atoms with van der Waals surface area (Å²) in [7, 11) is 1.70. The molecule has 96 valence electrons. The van der Waals surface area contributed by atoms with Crippen LogP contribution < -0.4 is 10.1 Å². The molecule has 1 aromatic heterocycles. The molecule has 1 aromatic carbocycles. The molecule has 0 aliphatic rings. The van der Waals surface area contributed by atoms with E-state index < -0.39 is 0 Å². The Morgan fingerprint density at radius 1 is 1.22 bits per heavy atom. The van der Waals surface area contributed by atoms with Crippen LogP contribution in [-0.4, -0.2) is 12.1 Å². The fourth-order valence-electron chi connectivity index (χ4n) is 2.01. The topological polar surface area (TPSA) is 34.1 Å². The number of nitrogens with one attached hydrogen (secondary N) is 1. The standard InChI is InChI=1S/C14H18N2OS/c1-10(12-6-4-5-7-13(12)17-3)16-11(2)14-15-8-9-18-14/h4-11,16H,1-3H3/t10-,11?/m0/s1. The maximum atomic E-state index is 5.39. The molecule has 18 heavy (non-hydrogen) atoms. The molecule has 1 N–H and O–H groups in total. The van der Waals surface area contributed by atoms with E-state index in [0.29, 0.717) is 0 Å². The molecule has 2 rings (SSSR count). The number of hydrogen-bond donors (Lipinski definition) is 1. The zero-order chi connectivity index (χ0) is 13.0. The Labute approximate surface area is 112 Å². The van der Waals surface area contributed by atoms with E-state index in [0.717, 1.165) is 10.8 Å². The van der Waals surface area contributed by atoms with Crippen molar-refractivity contribution in [3.63, 3.8) is 0 Å². The fourth-order valence-corrected chi connectivity index (χ4v) is 2.66. The molecule has 0 saturated carbocycles. The third kappa shape index (κ3) is 2.89. The smallest absolute Gasteiger partial charge is 0.123 e. The SMILES string of the molecule is COc1ccccc1[C@H](C)NC(C)c1nccs1. The number of aromatic nitrogens is 1. The second-order valence-electron chi connectivity index (χ2n) is 4.22. The normalized spacial score (nSPS) is 14.2. The molecular formula is C14H18N2OS. The molecule has 0 fully saturated rings. The number of nitrogens with zero attached hydrogens (tertiary/aromatic N) is 1. The van der Waals surface area contributed by atoms with Gasteiger partial charge in [-0.3, -0.25) is 0 Å². The first-order chi connectivity index (χ1) is 8.72. The van der Waals surface area contributed by atoms with E-state index in [1.165, 1.54) is 5.56 Å². The quantitative estimate of drug-likeness (QED) is 0.894. The molecule has 0 spiro atoms. The van der Waals surface area contributed by atoms with Crippen LogP contribution in [0.2, 0.25) is 0 Å². The number of para-hydroxylation sites is 1. The van der Waals surface area contributed by atoms with Crippen molar-refractivity contribution >= 4 is 11.3 Å². The molecular weight excluding hydrogens is 244 g/mol. The molecule has 0 aliphatic carbocycles. The van der Waals surface area contributed by atoms with Crippen LogP contribution >= 0.6 is 11.3 Å². The van der Waals surface area contributed by atoms with E-state index in [2.05, 4.69) is 30.2 Å². The molecule has 0 saturated heterocycles. The van der Waals surface area contributed by atoms with Crippen LogP contribution in [-0.2, 0) is 0 Å². The predicted molar refractivity (Wildman–Crippen MR) is 75.1 cm³/mol. The molecule has 0 aliphatic heterocycles. The monoisotopic (exact) mass is 262 g/mol. The number of hydrogen-bond acceptors (Lipinski definition) is 4. The Hall–Kier alpha value is -1.39. The van der Waals surface area contributed by atoms with Crippen molar-refractivity contribution in [3.8, 4) is 5.75 Å². The van der Waals surface area contributed by atoms with E-state index in [1.54, 1.807) is 18.4 Å². The highest BCUT2D eigenvalue weighted by Crippen LogP contribution is 2.27. The number of benzene rings is 1. The van der Waals surface area contributed by atoms with Gasteiger partial charge in [-0.05, 0) is 19.9 Å². The van der Waals surface area contributed by atoms with Gasteiger partial charge in [0.25, 0.3) is 0 Å². The predicted octanol–water partition coefficient (Wildman–Crippen LogP) is 3.56. The minimum absolute atomic E-state index is 0.222. The lowest BCUT2D eigenvalue weighted by molar-refractivity contribution is 0.396. The van der Waals surface area contributed by atoms with Crippen LogP contribution in [0.3, 0.4) is 0 Å². The van der Waals surface area contributed by atoms with Gasteiger partial charge in [-0.1, -0.05) is 18.2 Å². The van der Waals surface area contributed by atoms with E-state index in [1.807, 2.05) is 29.8 Å². The van der Waals surface area contributed by atoms with Crippen molar-refractivity contribution in [1.82, 2.24) is 10.3 Å². The summed E-state index contributed by atoms with van der Waals surface area (Å²) in [5, 5.41) is 6.65. The van der Waals surface area contributed by atoms with Crippen molar-refractivity contribution in [2.45, 2.75) is 25.9 Å². The Balaban J connectivity index is 2.09. The van der Waals surface area contributed by atoms with E-state index in [9.17, 15) is 0 Å². The first kappa shape index (κ1) is 13.1. The maximum Gasteiger partial charge on any atom is 0.123 e. The molecule has 1 unspecified atom stereocenters. The highest BCUT2D eigenvalue weighted by Gasteiger charge is 2.15. The molecule has 1 heterocycles. The molecule has 4 heteroatoms. The summed E-state index contributed by atoms with van der Waals surface area (Å²) in [6.45, 7) is 4.27. The first-order valence-corrected chi connectivity index (χ1v) is 6.88. The van der Waals surface area contributed by atoms with Crippen molar-refractivity contribution < 1.29 is 4.74 Å². The van der Waals surface area contributed by atoms with Gasteiger partial charge >= 0.3 is 0 Å². The number of methoxy groups -OCH3 is 1. The summed E-state index contributed by atoms with van der Waals surface area (Å²) in [5.41, 5.74) is 1.17. The third-order valence-electron chi connectivity index (χ3n) is 2.93. The maximum absolute atomic E-state index is 5.39. The summed E-state index contributed by atoms with van der Waals surface area (Å²) < 4.78 is 5.39. The molecule has 2 atom stereocenters. The van der Waals surface area contributed by atoms with Crippen molar-refractivity contribution in [1.29, 1.82) is 0 Å². The Kier molecular flexibility index (Phi) is 4.33. The van der Waals surface area contributed by atoms with Crippen LogP contribution in [0, 0.1) is 0 Å². The summed E-state index contributed by atoms with van der Waals surface area (Å²) in [6, 6.07) is 8.56. The highest BCUT2D eigenvalue weighted by molar-refractivity contribution is 7.09. The fraction of sp³-hybridized carbons (Fsp3) is 0.357. The molecule has 2 aromatic rings. The van der Waals surface area contributed by atoms with Crippen LogP contribution in [0.4, 0.5) is 0 Å². The number of ether oxygens (including phenoxy) is 1. The first-order valence-electron chi connectivity index (χ1n) is 6.00. The zero-order valence-electron chi connectivity index (χ0n) is 10.9. The lowest BCUT2D eigenvalue weighted by Crippen LogP contribution is -2.22. The van der Waals surface area contributed by atoms with Crippen molar-refractivity contribution in [2.24, 2.45) is 0 Å². The Morgan fingerprint density at radius 2 is 2.00 bits per heavy atom. The summed E-state index contributed by atoms with van der Waals surface area (Å²) in [4.78, 5) is 4.33. The number of rotatable bonds is 5. The lowest BCUT2D eigenvalue weighted by Gasteiger charge is -2.20. The van der Waals surface area contributed by atoms with Gasteiger partial charge in [-0.2, -0.15) is 0 Å². The highest BCUT2D eigenvalue weighted by atomic mass is 32.1. The van der Waals surface area contributed by atoms with Gasteiger partial charge in [0.1, 0.15) is 10.8 Å². The Bertz CT molecular complexity index is 484.